The molecule has 3 rings (SSSR count). The van der Waals surface area contributed by atoms with E-state index in [2.05, 4.69) is 10.4 Å². The van der Waals surface area contributed by atoms with Crippen molar-refractivity contribution in [1.29, 1.82) is 0 Å². The lowest BCUT2D eigenvalue weighted by Gasteiger charge is -2.10. The van der Waals surface area contributed by atoms with Crippen LogP contribution < -0.4 is 16.6 Å². The normalized spacial score (nSPS) is 10.7. The molecule has 1 aromatic heterocycles. The number of amides is 2. The average molecular weight is 371 g/mol. The lowest BCUT2D eigenvalue weighted by atomic mass is 10.1. The van der Waals surface area contributed by atoms with Crippen LogP contribution in [0.5, 0.6) is 0 Å². The largest absolute Gasteiger partial charge is 0.364 e. The van der Waals surface area contributed by atoms with E-state index in [9.17, 15) is 14.4 Å². The van der Waals surface area contributed by atoms with Gasteiger partial charge in [-0.2, -0.15) is 5.10 Å². The smallest absolute Gasteiger partial charge is 0.275 e. The topological polar surface area (TPSA) is 107 Å². The number of nitrogens with zero attached hydrogens (tertiary/aromatic N) is 2. The van der Waals surface area contributed by atoms with Crippen LogP contribution in [-0.4, -0.2) is 21.6 Å². The molecule has 0 aliphatic carbocycles. The third-order valence-electron chi connectivity index (χ3n) is 3.83. The Kier molecular flexibility index (Phi) is 4.99. The number of benzene rings is 2. The predicted molar refractivity (Wildman–Crippen MR) is 97.8 cm³/mol. The van der Waals surface area contributed by atoms with Gasteiger partial charge in [-0.25, -0.2) is 4.68 Å². The van der Waals surface area contributed by atoms with Crippen LogP contribution >= 0.6 is 11.6 Å². The number of primary amides is 1. The minimum atomic E-state index is -0.772. The van der Waals surface area contributed by atoms with E-state index in [1.54, 1.807) is 42.5 Å². The fraction of sp³-hybridized carbons (Fsp3) is 0.111. The molecule has 26 heavy (non-hydrogen) atoms. The molecule has 0 bridgehead atoms. The molecule has 7 nitrogen and oxygen atoms in total. The van der Waals surface area contributed by atoms with Crippen molar-refractivity contribution in [2.24, 2.45) is 5.73 Å². The zero-order chi connectivity index (χ0) is 18.7. The maximum absolute atomic E-state index is 12.5. The molecular formula is C18H15ClN4O3. The van der Waals surface area contributed by atoms with E-state index in [1.807, 2.05) is 6.07 Å². The number of hydrogen-bond acceptors (Lipinski definition) is 4. The van der Waals surface area contributed by atoms with Crippen LogP contribution in [0.15, 0.2) is 53.3 Å². The van der Waals surface area contributed by atoms with Gasteiger partial charge in [0.05, 0.1) is 5.39 Å². The molecule has 2 amide bonds. The minimum Gasteiger partial charge on any atom is -0.364 e. The summed E-state index contributed by atoms with van der Waals surface area (Å²) in [7, 11) is 0. The van der Waals surface area contributed by atoms with Crippen LogP contribution in [0.4, 0.5) is 0 Å². The lowest BCUT2D eigenvalue weighted by molar-refractivity contribution is -0.122. The average Bonchev–Trinajstić information content (AvgIpc) is 2.63. The highest BCUT2D eigenvalue weighted by atomic mass is 35.5. The van der Waals surface area contributed by atoms with E-state index < -0.39 is 17.4 Å². The molecule has 0 radical (unpaired) electrons. The van der Waals surface area contributed by atoms with Crippen molar-refractivity contribution in [3.8, 4) is 0 Å². The molecule has 3 N–H and O–H groups in total. The van der Waals surface area contributed by atoms with Crippen LogP contribution in [0.2, 0.25) is 5.02 Å². The van der Waals surface area contributed by atoms with Crippen molar-refractivity contribution < 1.29 is 9.59 Å². The lowest BCUT2D eigenvalue weighted by Crippen LogP contribution is -2.35. The van der Waals surface area contributed by atoms with Crippen LogP contribution in [0.3, 0.4) is 0 Å². The van der Waals surface area contributed by atoms with E-state index in [0.717, 1.165) is 10.2 Å². The van der Waals surface area contributed by atoms with Crippen molar-refractivity contribution in [3.05, 3.63) is 75.2 Å². The quantitative estimate of drug-likeness (QED) is 0.709. The van der Waals surface area contributed by atoms with E-state index in [0.29, 0.717) is 10.4 Å². The summed E-state index contributed by atoms with van der Waals surface area (Å²) in [4.78, 5) is 36.4. The summed E-state index contributed by atoms with van der Waals surface area (Å²) in [6.07, 6.45) is 0. The summed E-state index contributed by atoms with van der Waals surface area (Å²) in [5.74, 6) is -1.21. The van der Waals surface area contributed by atoms with Gasteiger partial charge in [0, 0.05) is 17.0 Å². The highest BCUT2D eigenvalue weighted by Gasteiger charge is 2.15. The second-order valence-corrected chi connectivity index (χ2v) is 6.00. The van der Waals surface area contributed by atoms with Gasteiger partial charge in [-0.3, -0.25) is 14.4 Å². The number of aromatic nitrogens is 2. The molecule has 0 atom stereocenters. The standard InChI is InChI=1S/C18H15ClN4O3/c19-14-8-4-1-5-11(14)9-21-15(24)10-23-18(26)13-7-3-2-6-12(13)16(22-23)17(20)25/h1-8H,9-10H2,(H2,20,25)(H,21,24). The maximum atomic E-state index is 12.5. The van der Waals surface area contributed by atoms with E-state index >= 15 is 0 Å². The fourth-order valence-corrected chi connectivity index (χ4v) is 2.75. The third-order valence-corrected chi connectivity index (χ3v) is 4.20. The fourth-order valence-electron chi connectivity index (χ4n) is 2.55. The molecule has 0 aliphatic rings. The summed E-state index contributed by atoms with van der Waals surface area (Å²) in [6.45, 7) is -0.127. The van der Waals surface area contributed by atoms with Crippen LogP contribution in [0.1, 0.15) is 16.1 Å². The molecule has 3 aromatic rings. The van der Waals surface area contributed by atoms with Crippen LogP contribution in [-0.2, 0) is 17.9 Å². The molecule has 132 valence electrons. The first kappa shape index (κ1) is 17.6. The van der Waals surface area contributed by atoms with E-state index in [-0.39, 0.29) is 24.2 Å². The summed E-state index contributed by atoms with van der Waals surface area (Å²) < 4.78 is 0.935. The molecule has 0 unspecified atom stereocenters. The number of fused-ring (bicyclic) bond motifs is 1. The Labute approximate surface area is 153 Å². The Hall–Kier alpha value is -3.19. The summed E-state index contributed by atoms with van der Waals surface area (Å²) in [5, 5.41) is 7.79. The second kappa shape index (κ2) is 7.37. The number of nitrogens with two attached hydrogens (primary N) is 1. The summed E-state index contributed by atoms with van der Waals surface area (Å²) in [5.41, 5.74) is 5.57. The Balaban J connectivity index is 1.85. The Morgan fingerprint density at radius 1 is 1.08 bits per heavy atom. The van der Waals surface area contributed by atoms with Crippen molar-refractivity contribution in [1.82, 2.24) is 15.1 Å². The molecular weight excluding hydrogens is 356 g/mol. The van der Waals surface area contributed by atoms with Gasteiger partial charge in [0.1, 0.15) is 6.54 Å². The number of rotatable bonds is 5. The summed E-state index contributed by atoms with van der Waals surface area (Å²) >= 11 is 6.04. The van der Waals surface area contributed by atoms with Gasteiger partial charge < -0.3 is 11.1 Å². The molecule has 0 aliphatic heterocycles. The van der Waals surface area contributed by atoms with Crippen molar-refractivity contribution in [3.63, 3.8) is 0 Å². The second-order valence-electron chi connectivity index (χ2n) is 5.59. The monoisotopic (exact) mass is 370 g/mol. The highest BCUT2D eigenvalue weighted by Crippen LogP contribution is 2.14. The zero-order valence-corrected chi connectivity index (χ0v) is 14.4. The van der Waals surface area contributed by atoms with E-state index in [4.69, 9.17) is 17.3 Å². The van der Waals surface area contributed by atoms with Gasteiger partial charge in [0.2, 0.25) is 5.91 Å². The Bertz CT molecular complexity index is 1060. The first-order valence-corrected chi connectivity index (χ1v) is 8.15. The van der Waals surface area contributed by atoms with Crippen molar-refractivity contribution >= 4 is 34.2 Å². The molecule has 0 fully saturated rings. The van der Waals surface area contributed by atoms with Gasteiger partial charge in [0.25, 0.3) is 11.5 Å². The van der Waals surface area contributed by atoms with Gasteiger partial charge in [0.15, 0.2) is 5.69 Å². The Morgan fingerprint density at radius 2 is 1.73 bits per heavy atom. The third kappa shape index (κ3) is 3.57. The number of hydrogen-bond donors (Lipinski definition) is 2. The van der Waals surface area contributed by atoms with Crippen LogP contribution in [0.25, 0.3) is 10.8 Å². The number of halogens is 1. The summed E-state index contributed by atoms with van der Waals surface area (Å²) in [6, 6.07) is 13.6. The van der Waals surface area contributed by atoms with Gasteiger partial charge in [-0.1, -0.05) is 48.0 Å². The minimum absolute atomic E-state index is 0.0564. The molecule has 0 saturated heterocycles. The number of carbonyl (C=O) groups excluding carboxylic acids is 2. The molecule has 1 heterocycles. The Morgan fingerprint density at radius 3 is 2.42 bits per heavy atom. The molecule has 0 spiro atoms. The molecule has 2 aromatic carbocycles. The SMILES string of the molecule is NC(=O)c1nn(CC(=O)NCc2ccccc2Cl)c(=O)c2ccccc12. The first-order valence-electron chi connectivity index (χ1n) is 7.77. The predicted octanol–water partition coefficient (Wildman–Crippen LogP) is 1.47. The van der Waals surface area contributed by atoms with Crippen LogP contribution in [0, 0.1) is 0 Å². The van der Waals surface area contributed by atoms with E-state index in [1.165, 1.54) is 0 Å². The number of carbonyl (C=O) groups is 2. The van der Waals surface area contributed by atoms with Gasteiger partial charge >= 0.3 is 0 Å². The molecule has 0 saturated carbocycles. The zero-order valence-electron chi connectivity index (χ0n) is 13.6. The van der Waals surface area contributed by atoms with Crippen molar-refractivity contribution in [2.45, 2.75) is 13.1 Å². The maximum Gasteiger partial charge on any atom is 0.275 e. The van der Waals surface area contributed by atoms with Gasteiger partial charge in [-0.05, 0) is 17.7 Å². The number of nitrogens with one attached hydrogen (secondary N) is 1. The molecule has 8 heteroatoms. The van der Waals surface area contributed by atoms with Gasteiger partial charge in [-0.15, -0.1) is 0 Å². The highest BCUT2D eigenvalue weighted by molar-refractivity contribution is 6.31. The first-order chi connectivity index (χ1) is 12.5. The van der Waals surface area contributed by atoms with Crippen molar-refractivity contribution in [2.75, 3.05) is 0 Å².